The van der Waals surface area contributed by atoms with E-state index in [-0.39, 0.29) is 54.2 Å². The lowest BCUT2D eigenvalue weighted by Gasteiger charge is -2.30. The zero-order chi connectivity index (χ0) is 23.4. The number of aromatic nitrogens is 2. The Labute approximate surface area is 184 Å². The Balaban J connectivity index is 1.77. The van der Waals surface area contributed by atoms with E-state index in [2.05, 4.69) is 10.4 Å². The van der Waals surface area contributed by atoms with Gasteiger partial charge < -0.3 is 11.1 Å². The van der Waals surface area contributed by atoms with Gasteiger partial charge in [-0.2, -0.15) is 5.10 Å². The number of fused-ring (bicyclic) bond motifs is 1. The molecule has 1 heterocycles. The normalized spacial score (nSPS) is 20.1. The van der Waals surface area contributed by atoms with Gasteiger partial charge in [-0.1, -0.05) is 13.8 Å². The Kier molecular flexibility index (Phi) is 5.33. The van der Waals surface area contributed by atoms with Gasteiger partial charge in [-0.25, -0.2) is 17.9 Å². The number of aryl methyl sites for hydroxylation is 1. The summed E-state index contributed by atoms with van der Waals surface area (Å²) in [6, 6.07) is 2.38. The first kappa shape index (κ1) is 22.4. The third-order valence-electron chi connectivity index (χ3n) is 6.36. The number of anilines is 1. The molecule has 0 saturated heterocycles. The highest BCUT2D eigenvalue weighted by molar-refractivity contribution is 6.00. The Morgan fingerprint density at radius 3 is 2.50 bits per heavy atom. The van der Waals surface area contributed by atoms with Crippen molar-refractivity contribution >= 4 is 17.4 Å². The van der Waals surface area contributed by atoms with E-state index in [0.717, 1.165) is 0 Å². The zero-order valence-corrected chi connectivity index (χ0v) is 18.4. The number of benzene rings is 1. The van der Waals surface area contributed by atoms with E-state index < -0.39 is 17.6 Å². The molecule has 0 bridgehead atoms. The van der Waals surface area contributed by atoms with Crippen LogP contribution in [-0.2, 0) is 6.42 Å². The summed E-state index contributed by atoms with van der Waals surface area (Å²) in [6.45, 7) is 5.72. The van der Waals surface area contributed by atoms with Crippen molar-refractivity contribution in [3.63, 3.8) is 0 Å². The van der Waals surface area contributed by atoms with Crippen LogP contribution >= 0.6 is 0 Å². The number of nitrogens with zero attached hydrogens (tertiary/aromatic N) is 2. The molecule has 9 heteroatoms. The highest BCUT2D eigenvalue weighted by Crippen LogP contribution is 2.38. The number of halogens is 3. The lowest BCUT2D eigenvalue weighted by molar-refractivity contribution is -0.0361. The summed E-state index contributed by atoms with van der Waals surface area (Å²) in [5.41, 5.74) is 7.11. The summed E-state index contributed by atoms with van der Waals surface area (Å²) in [6.07, 6.45) is 0.810. The van der Waals surface area contributed by atoms with Crippen LogP contribution in [0.1, 0.15) is 78.1 Å². The topological polar surface area (TPSA) is 90.0 Å². The third kappa shape index (κ3) is 4.12. The van der Waals surface area contributed by atoms with Gasteiger partial charge in [0, 0.05) is 31.4 Å². The fourth-order valence-electron chi connectivity index (χ4n) is 4.84. The highest BCUT2D eigenvalue weighted by atomic mass is 19.3. The van der Waals surface area contributed by atoms with Crippen molar-refractivity contribution in [2.75, 3.05) is 5.32 Å². The number of Topliss-reactive ketones (excluding diaryl/α,β-unsaturated/α-hetero) is 1. The second kappa shape index (κ2) is 7.64. The molecule has 0 spiro atoms. The van der Waals surface area contributed by atoms with Gasteiger partial charge in [-0.15, -0.1) is 0 Å². The number of alkyl halides is 2. The lowest BCUT2D eigenvalue weighted by Crippen LogP contribution is -2.33. The maximum atomic E-state index is 15.0. The van der Waals surface area contributed by atoms with Gasteiger partial charge in [0.15, 0.2) is 5.78 Å². The van der Waals surface area contributed by atoms with E-state index in [1.807, 2.05) is 13.8 Å². The number of nitrogens with one attached hydrogen (secondary N) is 1. The van der Waals surface area contributed by atoms with Crippen molar-refractivity contribution in [1.29, 1.82) is 0 Å². The van der Waals surface area contributed by atoms with Gasteiger partial charge in [0.05, 0.1) is 33.9 Å². The number of hydrogen-bond donors (Lipinski definition) is 2. The van der Waals surface area contributed by atoms with E-state index in [9.17, 15) is 18.4 Å². The molecule has 4 rings (SSSR count). The SMILES string of the molecule is Cc1nn(-c2cc(F)c(C(N)=O)c(NC3CCC(F)(F)CC3)c2)c2c1C(=O)CC(C)(C)C2. The van der Waals surface area contributed by atoms with Crippen molar-refractivity contribution in [1.82, 2.24) is 9.78 Å². The van der Waals surface area contributed by atoms with Gasteiger partial charge in [-0.05, 0) is 37.7 Å². The van der Waals surface area contributed by atoms with Gasteiger partial charge >= 0.3 is 0 Å². The molecule has 1 aromatic carbocycles. The number of primary amides is 1. The summed E-state index contributed by atoms with van der Waals surface area (Å²) in [5, 5.41) is 7.54. The van der Waals surface area contributed by atoms with Gasteiger partial charge in [0.1, 0.15) is 5.82 Å². The quantitative estimate of drug-likeness (QED) is 0.717. The minimum absolute atomic E-state index is 0.00397. The summed E-state index contributed by atoms with van der Waals surface area (Å²) < 4.78 is 43.6. The molecule has 1 fully saturated rings. The number of nitrogens with two attached hydrogens (primary N) is 1. The van der Waals surface area contributed by atoms with Crippen LogP contribution in [0.5, 0.6) is 0 Å². The number of hydrogen-bond acceptors (Lipinski definition) is 4. The van der Waals surface area contributed by atoms with E-state index >= 15 is 4.39 Å². The Morgan fingerprint density at radius 1 is 1.22 bits per heavy atom. The van der Waals surface area contributed by atoms with Crippen molar-refractivity contribution in [3.05, 3.63) is 40.5 Å². The lowest BCUT2D eigenvalue weighted by atomic mass is 9.75. The van der Waals surface area contributed by atoms with Crippen LogP contribution in [0, 0.1) is 18.2 Å². The molecule has 0 radical (unpaired) electrons. The molecule has 0 atom stereocenters. The molecule has 1 amide bonds. The molecular weight excluding hydrogens is 421 g/mol. The van der Waals surface area contributed by atoms with E-state index in [4.69, 9.17) is 5.73 Å². The maximum Gasteiger partial charge on any atom is 0.253 e. The second-order valence-electron chi connectivity index (χ2n) is 9.75. The van der Waals surface area contributed by atoms with Gasteiger partial charge in [0.2, 0.25) is 5.92 Å². The van der Waals surface area contributed by atoms with Crippen LogP contribution < -0.4 is 11.1 Å². The van der Waals surface area contributed by atoms with Crippen LogP contribution in [-0.4, -0.2) is 33.4 Å². The first-order valence-electron chi connectivity index (χ1n) is 10.8. The third-order valence-corrected chi connectivity index (χ3v) is 6.36. The summed E-state index contributed by atoms with van der Waals surface area (Å²) in [5.74, 6) is -4.49. The number of carbonyl (C=O) groups is 2. The molecule has 3 N–H and O–H groups in total. The summed E-state index contributed by atoms with van der Waals surface area (Å²) in [4.78, 5) is 24.7. The van der Waals surface area contributed by atoms with Crippen LogP contribution in [0.4, 0.5) is 18.9 Å². The predicted octanol–water partition coefficient (Wildman–Crippen LogP) is 4.56. The maximum absolute atomic E-state index is 15.0. The minimum atomic E-state index is -2.71. The average Bonchev–Trinajstić information content (AvgIpc) is 2.98. The minimum Gasteiger partial charge on any atom is -0.382 e. The molecule has 1 aromatic heterocycles. The predicted molar refractivity (Wildman–Crippen MR) is 114 cm³/mol. The Hall–Kier alpha value is -2.84. The Bertz CT molecular complexity index is 1100. The van der Waals surface area contributed by atoms with Crippen LogP contribution in [0.25, 0.3) is 5.69 Å². The van der Waals surface area contributed by atoms with Crippen molar-refractivity contribution in [2.24, 2.45) is 11.1 Å². The Morgan fingerprint density at radius 2 is 1.88 bits per heavy atom. The van der Waals surface area contributed by atoms with Crippen LogP contribution in [0.2, 0.25) is 0 Å². The van der Waals surface area contributed by atoms with E-state index in [1.54, 1.807) is 13.0 Å². The molecule has 2 aliphatic carbocycles. The first-order chi connectivity index (χ1) is 14.9. The molecule has 0 unspecified atom stereocenters. The molecule has 1 saturated carbocycles. The summed E-state index contributed by atoms with van der Waals surface area (Å²) >= 11 is 0. The van der Waals surface area contributed by atoms with Crippen LogP contribution in [0.15, 0.2) is 12.1 Å². The monoisotopic (exact) mass is 448 g/mol. The standard InChI is InChI=1S/C23H27F3N4O2/c1-12-19-17(10-22(2,3)11-18(19)31)30(29-12)14-8-15(24)20(21(27)32)16(9-14)28-13-4-6-23(25,26)7-5-13/h8-9,13,28H,4-7,10-11H2,1-3H3,(H2,27,32). The first-order valence-corrected chi connectivity index (χ1v) is 10.8. The van der Waals surface area contributed by atoms with E-state index in [1.165, 1.54) is 10.7 Å². The molecule has 2 aromatic rings. The average molecular weight is 448 g/mol. The number of carbonyl (C=O) groups excluding carboxylic acids is 2. The van der Waals surface area contributed by atoms with Crippen molar-refractivity contribution < 1.29 is 22.8 Å². The molecular formula is C23H27F3N4O2. The van der Waals surface area contributed by atoms with Crippen molar-refractivity contribution in [3.8, 4) is 5.69 Å². The molecule has 6 nitrogen and oxygen atoms in total. The molecule has 172 valence electrons. The fourth-order valence-corrected chi connectivity index (χ4v) is 4.84. The smallest absolute Gasteiger partial charge is 0.253 e. The molecule has 32 heavy (non-hydrogen) atoms. The fraction of sp³-hybridized carbons (Fsp3) is 0.522. The number of amides is 1. The number of rotatable bonds is 4. The highest BCUT2D eigenvalue weighted by Gasteiger charge is 2.37. The van der Waals surface area contributed by atoms with Gasteiger partial charge in [-0.3, -0.25) is 9.59 Å². The van der Waals surface area contributed by atoms with Gasteiger partial charge in [0.25, 0.3) is 5.91 Å². The molecule has 2 aliphatic rings. The van der Waals surface area contributed by atoms with E-state index in [0.29, 0.717) is 35.5 Å². The number of ketones is 1. The molecule has 0 aliphatic heterocycles. The second-order valence-corrected chi connectivity index (χ2v) is 9.75. The zero-order valence-electron chi connectivity index (χ0n) is 18.4. The summed E-state index contributed by atoms with van der Waals surface area (Å²) in [7, 11) is 0. The van der Waals surface area contributed by atoms with Crippen LogP contribution in [0.3, 0.4) is 0 Å². The largest absolute Gasteiger partial charge is 0.382 e. The van der Waals surface area contributed by atoms with Crippen molar-refractivity contribution in [2.45, 2.75) is 71.3 Å².